The van der Waals surface area contributed by atoms with E-state index in [2.05, 4.69) is 5.32 Å². The normalized spacial score (nSPS) is 12.9. The molecule has 2 rings (SSSR count). The minimum absolute atomic E-state index is 0.000152. The van der Waals surface area contributed by atoms with Crippen LogP contribution < -0.4 is 9.62 Å². The summed E-state index contributed by atoms with van der Waals surface area (Å²) in [5.74, 6) is -0.886. The molecule has 11 heteroatoms. The molecule has 2 aromatic rings. The van der Waals surface area contributed by atoms with Gasteiger partial charge in [0, 0.05) is 24.7 Å². The number of nitrogens with zero attached hydrogens (tertiary/aromatic N) is 3. The Hall–Kier alpha value is -3.47. The first-order valence-electron chi connectivity index (χ1n) is 11.8. The van der Waals surface area contributed by atoms with Gasteiger partial charge in [0.1, 0.15) is 12.6 Å². The van der Waals surface area contributed by atoms with Crippen molar-refractivity contribution < 1.29 is 22.9 Å². The number of hydrogen-bond acceptors (Lipinski definition) is 6. The third kappa shape index (κ3) is 8.04. The molecule has 2 amide bonds. The molecular formula is C25H34N4O6S. The fourth-order valence-corrected chi connectivity index (χ4v) is 4.55. The second-order valence-electron chi connectivity index (χ2n) is 8.61. The lowest BCUT2D eigenvalue weighted by Gasteiger charge is -2.33. The van der Waals surface area contributed by atoms with Crippen LogP contribution in [0.1, 0.15) is 39.2 Å². The Morgan fingerprint density at radius 3 is 2.28 bits per heavy atom. The number of nitro groups is 1. The van der Waals surface area contributed by atoms with Gasteiger partial charge in [-0.25, -0.2) is 8.42 Å². The highest BCUT2D eigenvalue weighted by molar-refractivity contribution is 7.92. The zero-order valence-corrected chi connectivity index (χ0v) is 21.9. The molecule has 0 fully saturated rings. The molecule has 10 nitrogen and oxygen atoms in total. The molecule has 36 heavy (non-hydrogen) atoms. The number of nitro benzene ring substituents is 1. The molecule has 0 aliphatic carbocycles. The maximum atomic E-state index is 13.6. The average molecular weight is 519 g/mol. The Morgan fingerprint density at radius 1 is 1.06 bits per heavy atom. The number of hydrogen-bond donors (Lipinski definition) is 1. The first-order chi connectivity index (χ1) is 17.0. The molecule has 2 aromatic carbocycles. The van der Waals surface area contributed by atoms with Crippen LogP contribution >= 0.6 is 0 Å². The number of carbonyl (C=O) groups is 2. The lowest BCUT2D eigenvalue weighted by Crippen LogP contribution is -2.54. The second-order valence-corrected chi connectivity index (χ2v) is 10.5. The minimum atomic E-state index is -3.97. The second kappa shape index (κ2) is 13.0. The van der Waals surface area contributed by atoms with E-state index < -0.39 is 33.4 Å². The highest BCUT2D eigenvalue weighted by Crippen LogP contribution is 2.23. The van der Waals surface area contributed by atoms with Crippen LogP contribution in [-0.2, 0) is 26.0 Å². The molecule has 0 bridgehead atoms. The smallest absolute Gasteiger partial charge is 0.271 e. The maximum absolute atomic E-state index is 13.6. The summed E-state index contributed by atoms with van der Waals surface area (Å²) in [6.07, 6.45) is 2.45. The zero-order chi connectivity index (χ0) is 26.9. The Balaban J connectivity index is 2.40. The van der Waals surface area contributed by atoms with E-state index >= 15 is 0 Å². The highest BCUT2D eigenvalue weighted by atomic mass is 32.2. The highest BCUT2D eigenvalue weighted by Gasteiger charge is 2.32. The molecule has 0 unspecified atom stereocenters. The van der Waals surface area contributed by atoms with E-state index in [0.29, 0.717) is 12.8 Å². The molecule has 0 heterocycles. The largest absolute Gasteiger partial charge is 0.352 e. The van der Waals surface area contributed by atoms with Gasteiger partial charge in [0.05, 0.1) is 16.9 Å². The van der Waals surface area contributed by atoms with Crippen molar-refractivity contribution in [1.29, 1.82) is 0 Å². The van der Waals surface area contributed by atoms with Crippen molar-refractivity contribution in [3.05, 3.63) is 70.3 Å². The lowest BCUT2D eigenvalue weighted by molar-refractivity contribution is -0.384. The van der Waals surface area contributed by atoms with Gasteiger partial charge in [0.15, 0.2) is 0 Å². The fraction of sp³-hybridized carbons (Fsp3) is 0.440. The van der Waals surface area contributed by atoms with Crippen molar-refractivity contribution in [2.75, 3.05) is 23.7 Å². The van der Waals surface area contributed by atoms with Crippen LogP contribution in [0.3, 0.4) is 0 Å². The predicted octanol–water partition coefficient (Wildman–Crippen LogP) is 3.13. The van der Waals surface area contributed by atoms with Crippen LogP contribution in [0.2, 0.25) is 0 Å². The Morgan fingerprint density at radius 2 is 1.72 bits per heavy atom. The van der Waals surface area contributed by atoms with E-state index in [1.165, 1.54) is 23.1 Å². The molecule has 0 spiro atoms. The van der Waals surface area contributed by atoms with Crippen LogP contribution in [0.25, 0.3) is 0 Å². The summed E-state index contributed by atoms with van der Waals surface area (Å²) in [7, 11) is -3.97. The molecule has 0 saturated carbocycles. The number of nitrogens with one attached hydrogen (secondary N) is 1. The van der Waals surface area contributed by atoms with E-state index in [4.69, 9.17) is 0 Å². The van der Waals surface area contributed by atoms with Crippen molar-refractivity contribution in [3.63, 3.8) is 0 Å². The van der Waals surface area contributed by atoms with Gasteiger partial charge in [0.25, 0.3) is 5.69 Å². The SMILES string of the molecule is CC[C@H](C)NC(=O)[C@H](CC)N(CCc1ccccc1)C(=O)CN(c1cccc([N+](=O)[O-])c1)S(C)(=O)=O. The van der Waals surface area contributed by atoms with Crippen LogP contribution in [0.15, 0.2) is 54.6 Å². The van der Waals surface area contributed by atoms with Gasteiger partial charge in [-0.1, -0.05) is 50.2 Å². The molecule has 2 atom stereocenters. The maximum Gasteiger partial charge on any atom is 0.271 e. The summed E-state index contributed by atoms with van der Waals surface area (Å²) in [4.78, 5) is 38.6. The number of anilines is 1. The van der Waals surface area contributed by atoms with Crippen molar-refractivity contribution in [3.8, 4) is 0 Å². The summed E-state index contributed by atoms with van der Waals surface area (Å²) < 4.78 is 26.1. The van der Waals surface area contributed by atoms with E-state index in [9.17, 15) is 28.1 Å². The monoisotopic (exact) mass is 518 g/mol. The van der Waals surface area contributed by atoms with Crippen LogP contribution in [0.4, 0.5) is 11.4 Å². The molecular weight excluding hydrogens is 484 g/mol. The number of non-ortho nitro benzene ring substituents is 1. The van der Waals surface area contributed by atoms with Crippen molar-refractivity contribution >= 4 is 33.2 Å². The first kappa shape index (κ1) is 28.8. The number of sulfonamides is 1. The fourth-order valence-electron chi connectivity index (χ4n) is 3.71. The van der Waals surface area contributed by atoms with Gasteiger partial charge in [0.2, 0.25) is 21.8 Å². The molecule has 0 saturated heterocycles. The third-order valence-corrected chi connectivity index (χ3v) is 7.02. The van der Waals surface area contributed by atoms with Crippen LogP contribution in [0.5, 0.6) is 0 Å². The van der Waals surface area contributed by atoms with E-state index in [1.807, 2.05) is 44.2 Å². The summed E-state index contributed by atoms with van der Waals surface area (Å²) >= 11 is 0. The van der Waals surface area contributed by atoms with Crippen LogP contribution in [0, 0.1) is 10.1 Å². The number of carbonyl (C=O) groups excluding carboxylic acids is 2. The summed E-state index contributed by atoms with van der Waals surface area (Å²) in [6, 6.07) is 13.7. The summed E-state index contributed by atoms with van der Waals surface area (Å²) in [6.45, 7) is 5.20. The van der Waals surface area contributed by atoms with Crippen molar-refractivity contribution in [1.82, 2.24) is 10.2 Å². The molecule has 1 N–H and O–H groups in total. The van der Waals surface area contributed by atoms with Crippen LogP contribution in [-0.4, -0.2) is 61.5 Å². The first-order valence-corrected chi connectivity index (χ1v) is 13.7. The van der Waals surface area contributed by atoms with Crippen molar-refractivity contribution in [2.24, 2.45) is 0 Å². The quantitative estimate of drug-likeness (QED) is 0.320. The lowest BCUT2D eigenvalue weighted by atomic mass is 10.1. The molecule has 196 valence electrons. The van der Waals surface area contributed by atoms with Gasteiger partial charge in [-0.3, -0.25) is 24.0 Å². The van der Waals surface area contributed by atoms with Gasteiger partial charge >= 0.3 is 0 Å². The van der Waals surface area contributed by atoms with E-state index in [1.54, 1.807) is 6.92 Å². The number of rotatable bonds is 13. The molecule has 0 aliphatic heterocycles. The molecule has 0 radical (unpaired) electrons. The predicted molar refractivity (Wildman–Crippen MR) is 139 cm³/mol. The van der Waals surface area contributed by atoms with Crippen molar-refractivity contribution in [2.45, 2.75) is 52.1 Å². The molecule has 0 aromatic heterocycles. The standard InChI is InChI=1S/C25H34N4O6S/c1-5-19(3)26-25(31)23(6-2)27(16-15-20-11-8-7-9-12-20)24(30)18-28(36(4,34)35)21-13-10-14-22(17-21)29(32)33/h7-14,17,19,23H,5-6,15-16,18H2,1-4H3,(H,26,31)/t19-,23-/m0/s1. The Bertz CT molecular complexity index is 1160. The van der Waals surface area contributed by atoms with E-state index in [-0.39, 0.29) is 29.9 Å². The Labute approximate surface area is 212 Å². The topological polar surface area (TPSA) is 130 Å². The summed E-state index contributed by atoms with van der Waals surface area (Å²) in [5, 5.41) is 14.1. The molecule has 0 aliphatic rings. The van der Waals surface area contributed by atoms with Gasteiger partial charge in [-0.2, -0.15) is 0 Å². The number of amides is 2. The van der Waals surface area contributed by atoms with E-state index in [0.717, 1.165) is 28.6 Å². The van der Waals surface area contributed by atoms with Gasteiger partial charge in [-0.15, -0.1) is 0 Å². The average Bonchev–Trinajstić information content (AvgIpc) is 2.84. The minimum Gasteiger partial charge on any atom is -0.352 e. The zero-order valence-electron chi connectivity index (χ0n) is 21.1. The van der Waals surface area contributed by atoms with Gasteiger partial charge in [-0.05, 0) is 37.8 Å². The number of benzene rings is 2. The summed E-state index contributed by atoms with van der Waals surface area (Å²) in [5.41, 5.74) is 0.667. The van der Waals surface area contributed by atoms with Gasteiger partial charge < -0.3 is 10.2 Å². The third-order valence-electron chi connectivity index (χ3n) is 5.88. The Kier molecular flexibility index (Phi) is 10.4.